The van der Waals surface area contributed by atoms with Gasteiger partial charge in [-0.25, -0.2) is 0 Å². The van der Waals surface area contributed by atoms with E-state index in [1.54, 1.807) is 0 Å². The Labute approximate surface area is 81.2 Å². The number of halogens is 5. The van der Waals surface area contributed by atoms with Crippen molar-refractivity contribution in [3.63, 3.8) is 0 Å². The third-order valence-corrected chi connectivity index (χ3v) is 1.21. The molecule has 0 bridgehead atoms. The summed E-state index contributed by atoms with van der Waals surface area (Å²) in [6.07, 6.45) is -4.83. The molecule has 83 valence electrons. The summed E-state index contributed by atoms with van der Waals surface area (Å²) in [7, 11) is 0. The summed E-state index contributed by atoms with van der Waals surface area (Å²) in [5, 5.41) is 0. The van der Waals surface area contributed by atoms with Crippen LogP contribution in [-0.4, -0.2) is 13.0 Å². The van der Waals surface area contributed by atoms with Gasteiger partial charge in [-0.15, -0.1) is 13.2 Å². The normalized spacial score (nSPS) is 11.6. The summed E-state index contributed by atoms with van der Waals surface area (Å²) >= 11 is 0. The van der Waals surface area contributed by atoms with Crippen LogP contribution < -0.4 is 9.47 Å². The van der Waals surface area contributed by atoms with E-state index in [-0.39, 0.29) is 5.75 Å². The van der Waals surface area contributed by atoms with Crippen molar-refractivity contribution in [2.75, 3.05) is 0 Å². The molecule has 1 aromatic rings. The van der Waals surface area contributed by atoms with Crippen molar-refractivity contribution in [3.05, 3.63) is 24.3 Å². The molecule has 0 saturated heterocycles. The van der Waals surface area contributed by atoms with Gasteiger partial charge < -0.3 is 9.47 Å². The Morgan fingerprint density at radius 1 is 1.20 bits per heavy atom. The molecule has 15 heavy (non-hydrogen) atoms. The van der Waals surface area contributed by atoms with Crippen LogP contribution in [0.4, 0.5) is 22.0 Å². The number of ether oxygens (including phenoxy) is 2. The van der Waals surface area contributed by atoms with Gasteiger partial charge in [0.15, 0.2) is 0 Å². The molecule has 0 heterocycles. The number of hydrogen-bond donors (Lipinski definition) is 0. The van der Waals surface area contributed by atoms with E-state index in [4.69, 9.17) is 0 Å². The molecule has 0 fully saturated rings. The van der Waals surface area contributed by atoms with E-state index in [0.717, 1.165) is 18.2 Å². The molecule has 1 rings (SSSR count). The fraction of sp³-hybridized carbons (Fsp3) is 0.250. The third-order valence-electron chi connectivity index (χ3n) is 1.21. The lowest BCUT2D eigenvalue weighted by molar-refractivity contribution is -0.274. The molecule has 0 aliphatic carbocycles. The largest absolute Gasteiger partial charge is 0.573 e. The molecule has 0 unspecified atom stereocenters. The SMILES string of the molecule is FC(F)Oc1c[c]c(OC(F)(F)F)cc1. The van der Waals surface area contributed by atoms with Crippen molar-refractivity contribution >= 4 is 0 Å². The molecule has 2 nitrogen and oxygen atoms in total. The number of alkyl halides is 5. The Morgan fingerprint density at radius 2 is 1.87 bits per heavy atom. The minimum absolute atomic E-state index is 0.292. The number of hydrogen-bond acceptors (Lipinski definition) is 2. The smallest absolute Gasteiger partial charge is 0.435 e. The Balaban J connectivity index is 2.64. The van der Waals surface area contributed by atoms with E-state index in [2.05, 4.69) is 9.47 Å². The molecular weight excluding hydrogens is 223 g/mol. The summed E-state index contributed by atoms with van der Waals surface area (Å²) in [6, 6.07) is 4.57. The predicted molar refractivity (Wildman–Crippen MR) is 38.6 cm³/mol. The monoisotopic (exact) mass is 227 g/mol. The van der Waals surface area contributed by atoms with Crippen LogP contribution >= 0.6 is 0 Å². The van der Waals surface area contributed by atoms with Gasteiger partial charge in [0.2, 0.25) is 0 Å². The van der Waals surface area contributed by atoms with Crippen LogP contribution in [0.3, 0.4) is 0 Å². The third kappa shape index (κ3) is 4.48. The van der Waals surface area contributed by atoms with Gasteiger partial charge in [-0.2, -0.15) is 8.78 Å². The Morgan fingerprint density at radius 3 is 2.27 bits per heavy atom. The average Bonchev–Trinajstić information content (AvgIpc) is 2.05. The molecule has 7 heteroatoms. The molecule has 0 aliphatic rings. The highest BCUT2D eigenvalue weighted by molar-refractivity contribution is 5.30. The maximum absolute atomic E-state index is 11.7. The molecule has 1 aromatic carbocycles. The second-order valence-electron chi connectivity index (χ2n) is 2.31. The molecule has 0 aliphatic heterocycles. The molecule has 0 amide bonds. The van der Waals surface area contributed by atoms with Crippen molar-refractivity contribution < 1.29 is 31.4 Å². The van der Waals surface area contributed by atoms with Gasteiger partial charge in [0.25, 0.3) is 0 Å². The first-order chi connectivity index (χ1) is 6.87. The molecule has 1 radical (unpaired) electrons. The predicted octanol–water partition coefficient (Wildman–Crippen LogP) is 2.99. The quantitative estimate of drug-likeness (QED) is 0.739. The van der Waals surface area contributed by atoms with E-state index in [0.29, 0.717) is 0 Å². The van der Waals surface area contributed by atoms with E-state index in [1.807, 2.05) is 6.07 Å². The fourth-order valence-corrected chi connectivity index (χ4v) is 0.761. The highest BCUT2D eigenvalue weighted by Gasteiger charge is 2.31. The van der Waals surface area contributed by atoms with Gasteiger partial charge >= 0.3 is 13.0 Å². The van der Waals surface area contributed by atoms with Crippen molar-refractivity contribution in [1.82, 2.24) is 0 Å². The van der Waals surface area contributed by atoms with Crippen molar-refractivity contribution in [3.8, 4) is 11.5 Å². The highest BCUT2D eigenvalue weighted by Crippen LogP contribution is 2.24. The maximum atomic E-state index is 11.7. The standard InChI is InChI=1S/C8H4F5O2/c9-7(10)14-5-1-3-6(4-2-5)15-8(11,12)13/h1-3,7H. The zero-order chi connectivity index (χ0) is 11.5. The molecular formula is C8H4F5O2. The molecule has 0 aromatic heterocycles. The Bertz CT molecular complexity index is 306. The lowest BCUT2D eigenvalue weighted by Gasteiger charge is -2.09. The van der Waals surface area contributed by atoms with Crippen molar-refractivity contribution in [2.45, 2.75) is 13.0 Å². The van der Waals surface area contributed by atoms with Crippen LogP contribution in [-0.2, 0) is 0 Å². The maximum Gasteiger partial charge on any atom is 0.573 e. The topological polar surface area (TPSA) is 18.5 Å². The van der Waals surface area contributed by atoms with E-state index in [1.165, 1.54) is 0 Å². The summed E-state index contributed by atoms with van der Waals surface area (Å²) in [5.41, 5.74) is 0. The van der Waals surface area contributed by atoms with E-state index < -0.39 is 18.7 Å². The second-order valence-corrected chi connectivity index (χ2v) is 2.31. The summed E-state index contributed by atoms with van der Waals surface area (Å²) < 4.78 is 65.6. The van der Waals surface area contributed by atoms with Gasteiger partial charge in [-0.1, -0.05) is 0 Å². The minimum Gasteiger partial charge on any atom is -0.435 e. The van der Waals surface area contributed by atoms with Gasteiger partial charge in [-0.3, -0.25) is 0 Å². The minimum atomic E-state index is -4.83. The molecule has 0 spiro atoms. The van der Waals surface area contributed by atoms with Crippen LogP contribution in [0.5, 0.6) is 11.5 Å². The Hall–Kier alpha value is -1.53. The summed E-state index contributed by atoms with van der Waals surface area (Å²) in [5.74, 6) is -0.913. The van der Waals surface area contributed by atoms with Crippen LogP contribution in [0.25, 0.3) is 0 Å². The van der Waals surface area contributed by atoms with Crippen LogP contribution in [0.15, 0.2) is 18.2 Å². The first-order valence-corrected chi connectivity index (χ1v) is 3.59. The fourth-order valence-electron chi connectivity index (χ4n) is 0.761. The van der Waals surface area contributed by atoms with Gasteiger partial charge in [-0.05, 0) is 18.2 Å². The molecule has 0 atom stereocenters. The number of rotatable bonds is 3. The second kappa shape index (κ2) is 4.33. The molecule has 0 saturated carbocycles. The van der Waals surface area contributed by atoms with Crippen LogP contribution in [0.1, 0.15) is 0 Å². The lowest BCUT2D eigenvalue weighted by atomic mass is 10.3. The van der Waals surface area contributed by atoms with Crippen LogP contribution in [0, 0.1) is 6.07 Å². The first-order valence-electron chi connectivity index (χ1n) is 3.59. The Kier molecular flexibility index (Phi) is 3.33. The van der Waals surface area contributed by atoms with Crippen molar-refractivity contribution in [1.29, 1.82) is 0 Å². The average molecular weight is 227 g/mol. The van der Waals surface area contributed by atoms with Gasteiger partial charge in [0.05, 0.1) is 0 Å². The van der Waals surface area contributed by atoms with Gasteiger partial charge in [0.1, 0.15) is 11.5 Å². The number of benzene rings is 1. The first kappa shape index (κ1) is 11.5. The van der Waals surface area contributed by atoms with E-state index in [9.17, 15) is 22.0 Å². The van der Waals surface area contributed by atoms with Gasteiger partial charge in [0, 0.05) is 6.07 Å². The summed E-state index contributed by atoms with van der Waals surface area (Å²) in [4.78, 5) is 0. The van der Waals surface area contributed by atoms with Crippen molar-refractivity contribution in [2.24, 2.45) is 0 Å². The lowest BCUT2D eigenvalue weighted by Crippen LogP contribution is -2.17. The molecule has 0 N–H and O–H groups in total. The van der Waals surface area contributed by atoms with E-state index >= 15 is 0 Å². The zero-order valence-corrected chi connectivity index (χ0v) is 7.02. The highest BCUT2D eigenvalue weighted by atomic mass is 19.4. The zero-order valence-electron chi connectivity index (χ0n) is 7.02. The van der Waals surface area contributed by atoms with Crippen LogP contribution in [0.2, 0.25) is 0 Å². The summed E-state index contributed by atoms with van der Waals surface area (Å²) in [6.45, 7) is -3.03.